The summed E-state index contributed by atoms with van der Waals surface area (Å²) in [6, 6.07) is 18.4. The molecular weight excluding hydrogens is 368 g/mol. The van der Waals surface area contributed by atoms with Gasteiger partial charge in [-0.3, -0.25) is 0 Å². The number of para-hydroxylation sites is 6. The maximum absolute atomic E-state index is 8.67. The molecule has 0 amide bonds. The van der Waals surface area contributed by atoms with Gasteiger partial charge in [0.05, 0.1) is 0 Å². The van der Waals surface area contributed by atoms with E-state index in [-0.39, 0.29) is 51.6 Å². The van der Waals surface area contributed by atoms with E-state index in [9.17, 15) is 0 Å². The first-order chi connectivity index (χ1) is 11.4. The summed E-state index contributed by atoms with van der Waals surface area (Å²) in [6.07, 6.45) is 0. The Bertz CT molecular complexity index is 597. The van der Waals surface area contributed by atoms with Crippen molar-refractivity contribution in [1.82, 2.24) is 0 Å². The van der Waals surface area contributed by atoms with Gasteiger partial charge in [-0.25, -0.2) is 0 Å². The van der Waals surface area contributed by atoms with E-state index in [4.69, 9.17) is 30.6 Å². The molecule has 134 valence electrons. The molecule has 3 aromatic rings. The summed E-state index contributed by atoms with van der Waals surface area (Å²) in [5.74, 6) is -0.458. The van der Waals surface area contributed by atoms with Crippen molar-refractivity contribution in [3.8, 4) is 34.5 Å². The van der Waals surface area contributed by atoms with Crippen LogP contribution >= 0.6 is 0 Å². The van der Waals surface area contributed by atoms with E-state index in [0.717, 1.165) is 0 Å². The fraction of sp³-hybridized carbons (Fsp3) is 0. The molecule has 3 rings (SSSR count). The third-order valence-corrected chi connectivity index (χ3v) is 2.65. The van der Waals surface area contributed by atoms with Crippen LogP contribution in [0.4, 0.5) is 0 Å². The van der Waals surface area contributed by atoms with Crippen LogP contribution < -0.4 is 0 Å². The maximum atomic E-state index is 8.67. The first-order valence-electron chi connectivity index (χ1n) is 6.82. The third kappa shape index (κ3) is 8.41. The topological polar surface area (TPSA) is 121 Å². The second-order valence-corrected chi connectivity index (χ2v) is 4.47. The van der Waals surface area contributed by atoms with Gasteiger partial charge in [-0.1, -0.05) is 36.4 Å². The van der Waals surface area contributed by atoms with Gasteiger partial charge in [0.15, 0.2) is 34.5 Å². The van der Waals surface area contributed by atoms with E-state index in [0.29, 0.717) is 0 Å². The summed E-state index contributed by atoms with van der Waals surface area (Å²) in [6.45, 7) is 0. The Morgan fingerprint density at radius 2 is 0.440 bits per heavy atom. The van der Waals surface area contributed by atoms with Crippen LogP contribution in [0.5, 0.6) is 34.5 Å². The van der Waals surface area contributed by atoms with Crippen molar-refractivity contribution in [1.29, 1.82) is 0 Å². The van der Waals surface area contributed by atoms with Crippen LogP contribution in [0.25, 0.3) is 0 Å². The smallest absolute Gasteiger partial charge is 0.157 e. The van der Waals surface area contributed by atoms with Crippen LogP contribution in [0.15, 0.2) is 72.8 Å². The van der Waals surface area contributed by atoms with Crippen molar-refractivity contribution in [2.75, 3.05) is 0 Å². The molecule has 0 radical (unpaired) electrons. The summed E-state index contributed by atoms with van der Waals surface area (Å²) in [7, 11) is 0. The summed E-state index contributed by atoms with van der Waals surface area (Å²) in [5, 5.41) is 52.0. The molecule has 6 N–H and O–H groups in total. The molecule has 7 heteroatoms. The molecule has 0 fully saturated rings. The van der Waals surface area contributed by atoms with Crippen molar-refractivity contribution in [3.63, 3.8) is 0 Å². The summed E-state index contributed by atoms with van der Waals surface area (Å²) >= 11 is 0. The minimum atomic E-state index is -0.0764. The van der Waals surface area contributed by atoms with Gasteiger partial charge in [0.1, 0.15) is 0 Å². The number of hydrogen-bond acceptors (Lipinski definition) is 6. The van der Waals surface area contributed by atoms with E-state index < -0.39 is 0 Å². The second kappa shape index (κ2) is 11.5. The summed E-state index contributed by atoms with van der Waals surface area (Å²) in [4.78, 5) is 0. The maximum Gasteiger partial charge on any atom is 0.157 e. The third-order valence-electron chi connectivity index (χ3n) is 2.65. The van der Waals surface area contributed by atoms with Gasteiger partial charge in [-0.15, -0.1) is 0 Å². The van der Waals surface area contributed by atoms with E-state index >= 15 is 0 Å². The Hall–Kier alpha value is -3.02. The predicted octanol–water partition coefficient (Wildman–Crippen LogP) is 3.29. The number of phenolic OH excluding ortho intramolecular Hbond substituents is 6. The van der Waals surface area contributed by atoms with Crippen LogP contribution in [-0.2, 0) is 17.1 Å². The first kappa shape index (κ1) is 22.0. The summed E-state index contributed by atoms with van der Waals surface area (Å²) < 4.78 is 0. The normalized spacial score (nSPS) is 8.64. The Balaban J connectivity index is 0.000000339. The zero-order valence-electron chi connectivity index (χ0n) is 13.0. The molecule has 0 heterocycles. The fourth-order valence-electron chi connectivity index (χ4n) is 1.39. The fourth-order valence-corrected chi connectivity index (χ4v) is 1.39. The molecule has 0 aliphatic heterocycles. The molecule has 25 heavy (non-hydrogen) atoms. The van der Waals surface area contributed by atoms with Gasteiger partial charge in [-0.05, 0) is 36.4 Å². The molecular formula is C18H18FeO6. The largest absolute Gasteiger partial charge is 0.504 e. The Kier molecular flexibility index (Phi) is 10.1. The molecule has 3 aromatic carbocycles. The van der Waals surface area contributed by atoms with Crippen LogP contribution in [0.1, 0.15) is 0 Å². The average Bonchev–Trinajstić information content (AvgIpc) is 2.57. The SMILES string of the molecule is Oc1ccccc1O.Oc1ccccc1O.Oc1ccccc1O.[Fe]. The van der Waals surface area contributed by atoms with Gasteiger partial charge in [0.25, 0.3) is 0 Å². The van der Waals surface area contributed by atoms with Crippen molar-refractivity contribution in [2.24, 2.45) is 0 Å². The molecule has 0 unspecified atom stereocenters. The average molecular weight is 386 g/mol. The van der Waals surface area contributed by atoms with Crippen LogP contribution in [0.3, 0.4) is 0 Å². The molecule has 0 aliphatic carbocycles. The molecule has 0 saturated carbocycles. The first-order valence-corrected chi connectivity index (χ1v) is 6.82. The van der Waals surface area contributed by atoms with Crippen LogP contribution in [0, 0.1) is 0 Å². The Labute approximate surface area is 155 Å². The molecule has 0 spiro atoms. The van der Waals surface area contributed by atoms with Crippen LogP contribution in [-0.4, -0.2) is 30.6 Å². The molecule has 0 aromatic heterocycles. The van der Waals surface area contributed by atoms with E-state index in [1.54, 1.807) is 36.4 Å². The van der Waals surface area contributed by atoms with Crippen molar-refractivity contribution in [3.05, 3.63) is 72.8 Å². The minimum Gasteiger partial charge on any atom is -0.504 e. The molecule has 0 aliphatic rings. The van der Waals surface area contributed by atoms with Crippen LogP contribution in [0.2, 0.25) is 0 Å². The molecule has 0 bridgehead atoms. The van der Waals surface area contributed by atoms with Gasteiger partial charge < -0.3 is 30.6 Å². The van der Waals surface area contributed by atoms with E-state index in [1.165, 1.54) is 36.4 Å². The quantitative estimate of drug-likeness (QED) is 0.261. The minimum absolute atomic E-state index is 0. The zero-order valence-corrected chi connectivity index (χ0v) is 14.1. The summed E-state index contributed by atoms with van der Waals surface area (Å²) in [5.41, 5.74) is 0. The molecule has 0 atom stereocenters. The van der Waals surface area contributed by atoms with E-state index in [2.05, 4.69) is 0 Å². The number of aromatic hydroxyl groups is 6. The number of hydrogen-bond donors (Lipinski definition) is 6. The van der Waals surface area contributed by atoms with Crippen molar-refractivity contribution >= 4 is 0 Å². The molecule has 0 saturated heterocycles. The van der Waals surface area contributed by atoms with Crippen molar-refractivity contribution < 1.29 is 47.7 Å². The van der Waals surface area contributed by atoms with Gasteiger partial charge >= 0.3 is 0 Å². The number of benzene rings is 3. The van der Waals surface area contributed by atoms with E-state index in [1.807, 2.05) is 0 Å². The van der Waals surface area contributed by atoms with Gasteiger partial charge in [0.2, 0.25) is 0 Å². The second-order valence-electron chi connectivity index (χ2n) is 4.47. The van der Waals surface area contributed by atoms with Gasteiger partial charge in [-0.2, -0.15) is 0 Å². The number of rotatable bonds is 0. The zero-order chi connectivity index (χ0) is 17.9. The Morgan fingerprint density at radius 3 is 0.520 bits per heavy atom. The monoisotopic (exact) mass is 386 g/mol. The van der Waals surface area contributed by atoms with Gasteiger partial charge in [0, 0.05) is 17.1 Å². The Morgan fingerprint density at radius 1 is 0.320 bits per heavy atom. The van der Waals surface area contributed by atoms with Crippen molar-refractivity contribution in [2.45, 2.75) is 0 Å². The number of phenols is 6. The molecule has 6 nitrogen and oxygen atoms in total. The standard InChI is InChI=1S/3C6H6O2.Fe/c3*7-5-3-1-2-4-6(5)8;/h3*1-4,7-8H;. The predicted molar refractivity (Wildman–Crippen MR) is 89.3 cm³/mol.